The lowest BCUT2D eigenvalue weighted by atomic mass is 9.87. The highest BCUT2D eigenvalue weighted by atomic mass is 16.5. The van der Waals surface area contributed by atoms with Gasteiger partial charge in [-0.15, -0.1) is 0 Å². The molecule has 0 saturated heterocycles. The van der Waals surface area contributed by atoms with Gasteiger partial charge in [-0.2, -0.15) is 0 Å². The number of rotatable bonds is 6. The van der Waals surface area contributed by atoms with E-state index in [1.807, 2.05) is 6.92 Å². The molecule has 1 aromatic carbocycles. The number of nitrogens with one attached hydrogen (secondary N) is 1. The predicted molar refractivity (Wildman–Crippen MR) is 105 cm³/mol. The molecule has 0 aromatic heterocycles. The Morgan fingerprint density at radius 1 is 1.29 bits per heavy atom. The molecule has 1 aromatic rings. The first-order valence-corrected chi connectivity index (χ1v) is 9.97. The van der Waals surface area contributed by atoms with Gasteiger partial charge in [-0.25, -0.2) is 9.79 Å². The highest BCUT2D eigenvalue weighted by molar-refractivity contribution is 6.08. The van der Waals surface area contributed by atoms with Crippen LogP contribution in [0.2, 0.25) is 0 Å². The molecule has 7 heteroatoms. The Kier molecular flexibility index (Phi) is 6.54. The molecule has 1 fully saturated rings. The fourth-order valence-electron chi connectivity index (χ4n) is 3.94. The zero-order valence-electron chi connectivity index (χ0n) is 16.4. The lowest BCUT2D eigenvalue weighted by molar-refractivity contribution is -0.148. The fraction of sp³-hybridized carbons (Fsp3) is 0.571. The molecule has 1 aliphatic heterocycles. The van der Waals surface area contributed by atoms with Crippen LogP contribution in [0.1, 0.15) is 57.6 Å². The van der Waals surface area contributed by atoms with E-state index < -0.39 is 18.0 Å². The number of amides is 2. The maximum Gasteiger partial charge on any atom is 0.341 e. The minimum absolute atomic E-state index is 0.00884. The quantitative estimate of drug-likeness (QED) is 0.723. The van der Waals surface area contributed by atoms with Crippen LogP contribution in [-0.2, 0) is 9.53 Å². The summed E-state index contributed by atoms with van der Waals surface area (Å²) < 4.78 is 11.1. The lowest BCUT2D eigenvalue weighted by Crippen LogP contribution is -2.44. The molecule has 152 valence electrons. The molecule has 2 amide bonds. The molecular weight excluding hydrogens is 360 g/mol. The van der Waals surface area contributed by atoms with E-state index in [4.69, 9.17) is 9.47 Å². The van der Waals surface area contributed by atoms with E-state index in [0.717, 1.165) is 12.8 Å². The molecule has 28 heavy (non-hydrogen) atoms. The number of ether oxygens (including phenoxy) is 2. The second kappa shape index (κ2) is 9.08. The number of esters is 1. The van der Waals surface area contributed by atoms with Crippen LogP contribution in [0.25, 0.3) is 0 Å². The number of nitrogens with zero attached hydrogens (tertiary/aromatic N) is 1. The lowest BCUT2D eigenvalue weighted by Gasteiger charge is -2.30. The summed E-state index contributed by atoms with van der Waals surface area (Å²) in [4.78, 5) is 28.8. The van der Waals surface area contributed by atoms with Crippen molar-refractivity contribution in [1.82, 2.24) is 5.32 Å². The first-order chi connectivity index (χ1) is 13.5. The Labute approximate surface area is 165 Å². The fourth-order valence-corrected chi connectivity index (χ4v) is 3.94. The number of carbonyl (C=O) groups is 2. The average molecular weight is 388 g/mol. The van der Waals surface area contributed by atoms with E-state index in [0.29, 0.717) is 36.2 Å². The molecule has 1 aliphatic carbocycles. The number of hydrogen-bond acceptors (Lipinski definition) is 5. The van der Waals surface area contributed by atoms with Gasteiger partial charge < -0.3 is 19.9 Å². The summed E-state index contributed by atoms with van der Waals surface area (Å²) in [7, 11) is 0. The van der Waals surface area contributed by atoms with Gasteiger partial charge in [0.15, 0.2) is 11.5 Å². The second-order valence-electron chi connectivity index (χ2n) is 7.45. The third-order valence-corrected chi connectivity index (χ3v) is 5.42. The van der Waals surface area contributed by atoms with Gasteiger partial charge in [0.05, 0.1) is 19.3 Å². The zero-order chi connectivity index (χ0) is 20.1. The monoisotopic (exact) mass is 388 g/mol. The van der Waals surface area contributed by atoms with Crippen molar-refractivity contribution < 1.29 is 24.2 Å². The average Bonchev–Trinajstić information content (AvgIpc) is 2.68. The van der Waals surface area contributed by atoms with Gasteiger partial charge in [0.25, 0.3) is 0 Å². The Hall–Kier alpha value is -2.57. The van der Waals surface area contributed by atoms with Gasteiger partial charge in [-0.3, -0.25) is 4.79 Å². The van der Waals surface area contributed by atoms with Gasteiger partial charge in [-0.05, 0) is 50.3 Å². The van der Waals surface area contributed by atoms with Gasteiger partial charge in [0.2, 0.25) is 0 Å². The number of urea groups is 1. The molecule has 0 radical (unpaired) electrons. The summed E-state index contributed by atoms with van der Waals surface area (Å²) in [5, 5.41) is 12.7. The number of carbonyl (C=O) groups excluding carboxylic acids is 2. The van der Waals surface area contributed by atoms with E-state index in [1.54, 1.807) is 19.1 Å². The smallest absolute Gasteiger partial charge is 0.341 e. The van der Waals surface area contributed by atoms with E-state index in [1.165, 1.54) is 25.3 Å². The molecule has 1 heterocycles. The molecule has 1 saturated carbocycles. The Bertz CT molecular complexity index is 755. The third-order valence-electron chi connectivity index (χ3n) is 5.42. The van der Waals surface area contributed by atoms with Crippen LogP contribution < -0.4 is 10.1 Å². The van der Waals surface area contributed by atoms with Crippen LogP contribution in [0.3, 0.4) is 0 Å². The topological polar surface area (TPSA) is 97.2 Å². The van der Waals surface area contributed by atoms with E-state index in [9.17, 15) is 14.7 Å². The Morgan fingerprint density at radius 3 is 2.75 bits per heavy atom. The van der Waals surface area contributed by atoms with Gasteiger partial charge in [-0.1, -0.05) is 25.3 Å². The van der Waals surface area contributed by atoms with Crippen LogP contribution >= 0.6 is 0 Å². The second-order valence-corrected chi connectivity index (χ2v) is 7.45. The number of aliphatic imine (C=N–C) groups is 1. The van der Waals surface area contributed by atoms with Crippen molar-refractivity contribution in [3.63, 3.8) is 0 Å². The van der Waals surface area contributed by atoms with Gasteiger partial charge >= 0.3 is 12.0 Å². The van der Waals surface area contributed by atoms with Crippen molar-refractivity contribution in [3.8, 4) is 11.5 Å². The Morgan fingerprint density at radius 2 is 2.04 bits per heavy atom. The highest BCUT2D eigenvalue weighted by Gasteiger charge is 2.38. The highest BCUT2D eigenvalue weighted by Crippen LogP contribution is 2.34. The van der Waals surface area contributed by atoms with Crippen LogP contribution in [0, 0.1) is 11.8 Å². The van der Waals surface area contributed by atoms with Crippen molar-refractivity contribution in [2.24, 2.45) is 16.8 Å². The van der Waals surface area contributed by atoms with E-state index in [2.05, 4.69) is 10.3 Å². The molecule has 3 rings (SSSR count). The standard InChI is InChI=1S/C21H28N2O5/c1-3-27-17-11-15(9-10-16(17)24)19-18(13(2)22-21(26)23-19)20(25)28-12-14-7-5-4-6-8-14/h9-11,14,18-19,24H,3-8,12H2,1-2H3,(H,23,26). The summed E-state index contributed by atoms with van der Waals surface area (Å²) >= 11 is 0. The number of phenols is 1. The van der Waals surface area contributed by atoms with Crippen LogP contribution in [0.5, 0.6) is 11.5 Å². The first-order valence-electron chi connectivity index (χ1n) is 9.97. The number of benzene rings is 1. The number of hydrogen-bond donors (Lipinski definition) is 2. The summed E-state index contributed by atoms with van der Waals surface area (Å²) in [6.45, 7) is 4.28. The van der Waals surface area contributed by atoms with Gasteiger partial charge in [0.1, 0.15) is 5.92 Å². The minimum Gasteiger partial charge on any atom is -0.504 e. The normalized spacial score (nSPS) is 22.9. The first kappa shape index (κ1) is 20.2. The van der Waals surface area contributed by atoms with Crippen LogP contribution in [0.15, 0.2) is 23.2 Å². The zero-order valence-corrected chi connectivity index (χ0v) is 16.4. The van der Waals surface area contributed by atoms with Crippen molar-refractivity contribution in [2.45, 2.75) is 52.0 Å². The van der Waals surface area contributed by atoms with Gasteiger partial charge in [0, 0.05) is 5.71 Å². The van der Waals surface area contributed by atoms with Crippen molar-refractivity contribution in [1.29, 1.82) is 0 Å². The summed E-state index contributed by atoms with van der Waals surface area (Å²) in [5.41, 5.74) is 1.08. The van der Waals surface area contributed by atoms with Crippen LogP contribution in [0.4, 0.5) is 4.79 Å². The molecule has 2 aliphatic rings. The van der Waals surface area contributed by atoms with Crippen molar-refractivity contribution in [2.75, 3.05) is 13.2 Å². The molecule has 2 atom stereocenters. The summed E-state index contributed by atoms with van der Waals surface area (Å²) in [6.07, 6.45) is 5.77. The summed E-state index contributed by atoms with van der Waals surface area (Å²) in [6, 6.07) is 3.69. The minimum atomic E-state index is -0.708. The SMILES string of the molecule is CCOc1cc(C2NC(=O)N=C(C)C2C(=O)OCC2CCCCC2)ccc1O. The molecule has 7 nitrogen and oxygen atoms in total. The van der Waals surface area contributed by atoms with E-state index in [-0.39, 0.29) is 11.7 Å². The molecule has 2 N–H and O–H groups in total. The maximum atomic E-state index is 12.9. The molecule has 0 spiro atoms. The predicted octanol–water partition coefficient (Wildman–Crippen LogP) is 3.76. The van der Waals surface area contributed by atoms with Crippen molar-refractivity contribution in [3.05, 3.63) is 23.8 Å². The largest absolute Gasteiger partial charge is 0.504 e. The molecule has 0 bridgehead atoms. The Balaban J connectivity index is 1.79. The molecular formula is C21H28N2O5. The maximum absolute atomic E-state index is 12.9. The van der Waals surface area contributed by atoms with Crippen LogP contribution in [-0.4, -0.2) is 36.0 Å². The third kappa shape index (κ3) is 4.64. The summed E-state index contributed by atoms with van der Waals surface area (Å²) in [5.74, 6) is -0.369. The number of phenolic OH excluding ortho intramolecular Hbond substituents is 1. The van der Waals surface area contributed by atoms with Crippen molar-refractivity contribution >= 4 is 17.7 Å². The molecule has 2 unspecified atom stereocenters. The van der Waals surface area contributed by atoms with E-state index >= 15 is 0 Å². The number of aromatic hydroxyl groups is 1.